The Morgan fingerprint density at radius 2 is 1.74 bits per heavy atom. The normalized spacial score (nSPS) is 15.5. The SMILES string of the molecule is Cl.O=S(=O)(CC1CN(Cc2noc3cc(F)ccc23)C1)c1ccc(F)cc1. The number of hydrogen-bond donors (Lipinski definition) is 0. The highest BCUT2D eigenvalue weighted by atomic mass is 35.5. The van der Waals surface area contributed by atoms with Gasteiger partial charge in [-0.2, -0.15) is 0 Å². The second-order valence-corrected chi connectivity index (χ2v) is 8.60. The van der Waals surface area contributed by atoms with Gasteiger partial charge in [0.2, 0.25) is 0 Å². The van der Waals surface area contributed by atoms with Gasteiger partial charge in [-0.3, -0.25) is 4.90 Å². The molecule has 0 atom stereocenters. The highest BCUT2D eigenvalue weighted by molar-refractivity contribution is 7.91. The molecule has 1 saturated heterocycles. The van der Waals surface area contributed by atoms with Crippen molar-refractivity contribution in [3.63, 3.8) is 0 Å². The van der Waals surface area contributed by atoms with Crippen LogP contribution in [-0.2, 0) is 16.4 Å². The molecule has 2 heterocycles. The summed E-state index contributed by atoms with van der Waals surface area (Å²) in [6.45, 7) is 1.76. The number of rotatable bonds is 5. The number of nitrogens with zero attached hydrogens (tertiary/aromatic N) is 2. The van der Waals surface area contributed by atoms with Crippen molar-refractivity contribution in [3.05, 3.63) is 59.8 Å². The zero-order valence-electron chi connectivity index (χ0n) is 14.1. The second-order valence-electron chi connectivity index (χ2n) is 6.57. The molecule has 1 fully saturated rings. The van der Waals surface area contributed by atoms with Crippen molar-refractivity contribution in [2.24, 2.45) is 5.92 Å². The predicted molar refractivity (Wildman–Crippen MR) is 98.4 cm³/mol. The van der Waals surface area contributed by atoms with Crippen LogP contribution in [0, 0.1) is 17.6 Å². The molecule has 0 amide bonds. The van der Waals surface area contributed by atoms with Crippen molar-refractivity contribution >= 4 is 33.2 Å². The summed E-state index contributed by atoms with van der Waals surface area (Å²) in [5.74, 6) is -0.797. The number of hydrogen-bond acceptors (Lipinski definition) is 5. The highest BCUT2D eigenvalue weighted by Gasteiger charge is 2.32. The molecule has 3 aromatic rings. The van der Waals surface area contributed by atoms with E-state index in [-0.39, 0.29) is 34.8 Å². The molecule has 27 heavy (non-hydrogen) atoms. The maximum Gasteiger partial charge on any atom is 0.178 e. The quantitative estimate of drug-likeness (QED) is 0.598. The molecule has 5 nitrogen and oxygen atoms in total. The Balaban J connectivity index is 0.00000210. The van der Waals surface area contributed by atoms with E-state index in [4.69, 9.17) is 4.52 Å². The third-order valence-corrected chi connectivity index (χ3v) is 6.44. The van der Waals surface area contributed by atoms with E-state index in [0.717, 1.165) is 17.5 Å². The van der Waals surface area contributed by atoms with Gasteiger partial charge >= 0.3 is 0 Å². The van der Waals surface area contributed by atoms with E-state index < -0.39 is 15.7 Å². The molecule has 0 aliphatic carbocycles. The Morgan fingerprint density at radius 3 is 2.44 bits per heavy atom. The minimum atomic E-state index is -3.43. The summed E-state index contributed by atoms with van der Waals surface area (Å²) in [5, 5.41) is 4.73. The maximum absolute atomic E-state index is 13.2. The van der Waals surface area contributed by atoms with Crippen LogP contribution in [0.5, 0.6) is 0 Å². The molecule has 4 rings (SSSR count). The number of sulfone groups is 1. The van der Waals surface area contributed by atoms with Crippen LogP contribution < -0.4 is 0 Å². The molecule has 9 heteroatoms. The lowest BCUT2D eigenvalue weighted by molar-refractivity contribution is 0.104. The summed E-state index contributed by atoms with van der Waals surface area (Å²) in [6, 6.07) is 9.17. The van der Waals surface area contributed by atoms with Crippen LogP contribution >= 0.6 is 12.4 Å². The molecule has 0 unspecified atom stereocenters. The first kappa shape index (κ1) is 19.7. The maximum atomic E-state index is 13.2. The van der Waals surface area contributed by atoms with E-state index in [1.54, 1.807) is 6.07 Å². The largest absolute Gasteiger partial charge is 0.356 e. The van der Waals surface area contributed by atoms with Crippen molar-refractivity contribution in [3.8, 4) is 0 Å². The molecule has 144 valence electrons. The second kappa shape index (κ2) is 7.53. The van der Waals surface area contributed by atoms with Crippen LogP contribution in [0.3, 0.4) is 0 Å². The monoisotopic (exact) mass is 414 g/mol. The van der Waals surface area contributed by atoms with E-state index in [2.05, 4.69) is 10.1 Å². The molecule has 0 spiro atoms. The minimum Gasteiger partial charge on any atom is -0.356 e. The first-order valence-corrected chi connectivity index (χ1v) is 9.80. The number of fused-ring (bicyclic) bond motifs is 1. The molecular formula is C18H17ClF2N2O3S. The molecule has 0 N–H and O–H groups in total. The van der Waals surface area contributed by atoms with Crippen molar-refractivity contribution in [2.75, 3.05) is 18.8 Å². The molecule has 1 aliphatic rings. The van der Waals surface area contributed by atoms with E-state index >= 15 is 0 Å². The summed E-state index contributed by atoms with van der Waals surface area (Å²) in [5.41, 5.74) is 1.11. The first-order chi connectivity index (χ1) is 12.4. The standard InChI is InChI=1S/C18H16F2N2O3S.ClH/c19-13-1-4-15(5-2-13)26(23,24)11-12-8-22(9-12)10-17-16-6-3-14(20)7-18(16)25-21-17;/h1-7,12H,8-11H2;1H. The van der Waals surface area contributed by atoms with Crippen molar-refractivity contribution in [1.29, 1.82) is 0 Å². The highest BCUT2D eigenvalue weighted by Crippen LogP contribution is 2.26. The third-order valence-electron chi connectivity index (χ3n) is 4.54. The van der Waals surface area contributed by atoms with Crippen molar-refractivity contribution < 1.29 is 21.7 Å². The molecule has 0 saturated carbocycles. The zero-order valence-corrected chi connectivity index (χ0v) is 15.8. The molecule has 0 bridgehead atoms. The third kappa shape index (κ3) is 4.12. The lowest BCUT2D eigenvalue weighted by Gasteiger charge is -2.38. The average Bonchev–Trinajstić information content (AvgIpc) is 2.95. The summed E-state index contributed by atoms with van der Waals surface area (Å²) in [4.78, 5) is 2.20. The van der Waals surface area contributed by atoms with Crippen LogP contribution in [0.15, 0.2) is 51.9 Å². The van der Waals surface area contributed by atoms with Crippen LogP contribution in [0.1, 0.15) is 5.69 Å². The van der Waals surface area contributed by atoms with Crippen molar-refractivity contribution in [2.45, 2.75) is 11.4 Å². The first-order valence-electron chi connectivity index (χ1n) is 8.15. The molecular weight excluding hydrogens is 398 g/mol. The van der Waals surface area contributed by atoms with Gasteiger partial charge in [-0.05, 0) is 42.3 Å². The van der Waals surface area contributed by atoms with Crippen LogP contribution in [0.25, 0.3) is 11.0 Å². The topological polar surface area (TPSA) is 63.4 Å². The van der Waals surface area contributed by atoms with Crippen molar-refractivity contribution in [1.82, 2.24) is 10.1 Å². The molecule has 0 radical (unpaired) electrons. The molecule has 1 aromatic heterocycles. The smallest absolute Gasteiger partial charge is 0.178 e. The number of aromatic nitrogens is 1. The van der Waals surface area contributed by atoms with Gasteiger partial charge < -0.3 is 4.52 Å². The van der Waals surface area contributed by atoms with Gasteiger partial charge in [0.1, 0.15) is 17.3 Å². The lowest BCUT2D eigenvalue weighted by atomic mass is 10.0. The number of benzene rings is 2. The van der Waals surface area contributed by atoms with Gasteiger partial charge in [0, 0.05) is 31.1 Å². The summed E-state index contributed by atoms with van der Waals surface area (Å²) in [6.07, 6.45) is 0. The predicted octanol–water partition coefficient (Wildman–Crippen LogP) is 3.43. The zero-order chi connectivity index (χ0) is 18.3. The number of likely N-dealkylation sites (tertiary alicyclic amines) is 1. The van der Waals surface area contributed by atoms with Gasteiger partial charge in [-0.25, -0.2) is 17.2 Å². The molecule has 1 aliphatic heterocycles. The van der Waals surface area contributed by atoms with Gasteiger partial charge in [-0.1, -0.05) is 5.16 Å². The van der Waals surface area contributed by atoms with Crippen LogP contribution in [0.4, 0.5) is 8.78 Å². The van der Waals surface area contributed by atoms with Gasteiger partial charge in [0.25, 0.3) is 0 Å². The van der Waals surface area contributed by atoms with Gasteiger partial charge in [-0.15, -0.1) is 12.4 Å². The van der Waals surface area contributed by atoms with Gasteiger partial charge in [0.15, 0.2) is 15.4 Å². The summed E-state index contributed by atoms with van der Waals surface area (Å²) in [7, 11) is -3.43. The molecule has 2 aromatic carbocycles. The van der Waals surface area contributed by atoms with Crippen LogP contribution in [-0.4, -0.2) is 37.3 Å². The van der Waals surface area contributed by atoms with E-state index in [9.17, 15) is 17.2 Å². The van der Waals surface area contributed by atoms with Crippen LogP contribution in [0.2, 0.25) is 0 Å². The minimum absolute atomic E-state index is 0. The van der Waals surface area contributed by atoms with E-state index in [0.29, 0.717) is 30.9 Å². The Kier molecular flexibility index (Phi) is 5.50. The fourth-order valence-electron chi connectivity index (χ4n) is 3.25. The van der Waals surface area contributed by atoms with Gasteiger partial charge in [0.05, 0.1) is 10.6 Å². The average molecular weight is 415 g/mol. The fourth-order valence-corrected chi connectivity index (χ4v) is 4.82. The van der Waals surface area contributed by atoms with E-state index in [1.807, 2.05) is 0 Å². The number of halogens is 3. The fraction of sp³-hybridized carbons (Fsp3) is 0.278. The summed E-state index contributed by atoms with van der Waals surface area (Å²) < 4.78 is 56.0. The lowest BCUT2D eigenvalue weighted by Crippen LogP contribution is -2.48. The Hall–Kier alpha value is -2.03. The Labute approximate surface area is 161 Å². The summed E-state index contributed by atoms with van der Waals surface area (Å²) >= 11 is 0. The van der Waals surface area contributed by atoms with E-state index in [1.165, 1.54) is 24.3 Å². The Morgan fingerprint density at radius 1 is 1.07 bits per heavy atom. The Bertz CT molecular complexity index is 1050.